The van der Waals surface area contributed by atoms with Crippen molar-refractivity contribution in [1.29, 1.82) is 0 Å². The molecule has 0 aromatic carbocycles. The van der Waals surface area contributed by atoms with Crippen LogP contribution in [0.15, 0.2) is 0 Å². The summed E-state index contributed by atoms with van der Waals surface area (Å²) in [6.45, 7) is 8.00. The van der Waals surface area contributed by atoms with Gasteiger partial charge in [0.1, 0.15) is 5.54 Å². The van der Waals surface area contributed by atoms with Crippen LogP contribution in [-0.4, -0.2) is 66.2 Å². The van der Waals surface area contributed by atoms with Crippen LogP contribution in [0.3, 0.4) is 0 Å². The van der Waals surface area contributed by atoms with Crippen LogP contribution in [0.4, 0.5) is 4.79 Å². The Morgan fingerprint density at radius 1 is 1.33 bits per heavy atom. The summed E-state index contributed by atoms with van der Waals surface area (Å²) < 4.78 is 5.39. The molecule has 21 heavy (non-hydrogen) atoms. The fourth-order valence-electron chi connectivity index (χ4n) is 3.73. The predicted molar refractivity (Wildman–Crippen MR) is 77.8 cm³/mol. The van der Waals surface area contributed by atoms with Crippen LogP contribution in [0.25, 0.3) is 0 Å². The largest absolute Gasteiger partial charge is 0.381 e. The summed E-state index contributed by atoms with van der Waals surface area (Å²) in [4.78, 5) is 28.4. The number of nitrogens with one attached hydrogen (secondary N) is 1. The molecule has 118 valence electrons. The fraction of sp³-hybridized carbons (Fsp3) is 0.867. The van der Waals surface area contributed by atoms with Crippen molar-refractivity contribution in [1.82, 2.24) is 15.1 Å². The fourth-order valence-corrected chi connectivity index (χ4v) is 3.73. The number of urea groups is 1. The smallest absolute Gasteiger partial charge is 0.325 e. The van der Waals surface area contributed by atoms with Crippen molar-refractivity contribution < 1.29 is 14.3 Å². The molecule has 3 saturated heterocycles. The van der Waals surface area contributed by atoms with Crippen LogP contribution in [0, 0.1) is 5.92 Å². The number of carbonyl (C=O) groups is 2. The molecule has 1 spiro atoms. The molecule has 0 saturated carbocycles. The number of rotatable bonds is 3. The first-order valence-electron chi connectivity index (χ1n) is 7.98. The normalized spacial score (nSPS) is 31.7. The van der Waals surface area contributed by atoms with Crippen LogP contribution in [0.1, 0.15) is 33.1 Å². The molecule has 3 aliphatic rings. The zero-order valence-corrected chi connectivity index (χ0v) is 12.9. The number of nitrogens with zero attached hydrogens (tertiary/aromatic N) is 2. The number of hydrogen-bond donors (Lipinski definition) is 1. The molecule has 3 aliphatic heterocycles. The molecule has 0 bridgehead atoms. The predicted octanol–water partition coefficient (Wildman–Crippen LogP) is 0.818. The summed E-state index contributed by atoms with van der Waals surface area (Å²) in [6, 6.07) is -0.315. The van der Waals surface area contributed by atoms with Gasteiger partial charge in [-0.3, -0.25) is 9.69 Å². The average Bonchev–Trinajstić information content (AvgIpc) is 2.93. The zero-order chi connectivity index (χ0) is 15.0. The van der Waals surface area contributed by atoms with Gasteiger partial charge in [-0.05, 0) is 39.0 Å². The summed E-state index contributed by atoms with van der Waals surface area (Å²) in [6.07, 6.45) is 2.92. The highest BCUT2D eigenvalue weighted by atomic mass is 16.5. The van der Waals surface area contributed by atoms with Crippen LogP contribution in [-0.2, 0) is 9.53 Å². The Morgan fingerprint density at radius 2 is 2.05 bits per heavy atom. The van der Waals surface area contributed by atoms with E-state index in [0.29, 0.717) is 12.5 Å². The topological polar surface area (TPSA) is 61.9 Å². The van der Waals surface area contributed by atoms with Gasteiger partial charge in [0.05, 0.1) is 0 Å². The van der Waals surface area contributed by atoms with E-state index in [9.17, 15) is 9.59 Å². The SMILES string of the molecule is CC(C)N1C(=O)N[C@]2(CCN(CC3CCOCC3)C2)C1=O. The number of hydrogen-bond acceptors (Lipinski definition) is 4. The van der Waals surface area contributed by atoms with Crippen molar-refractivity contribution in [2.24, 2.45) is 5.92 Å². The molecule has 1 N–H and O–H groups in total. The van der Waals surface area contributed by atoms with E-state index in [1.807, 2.05) is 13.8 Å². The van der Waals surface area contributed by atoms with E-state index < -0.39 is 5.54 Å². The molecule has 3 heterocycles. The van der Waals surface area contributed by atoms with Crippen LogP contribution >= 0.6 is 0 Å². The number of amides is 3. The number of ether oxygens (including phenoxy) is 1. The second kappa shape index (κ2) is 5.57. The van der Waals surface area contributed by atoms with E-state index in [0.717, 1.165) is 45.6 Å². The first-order chi connectivity index (χ1) is 10.0. The molecule has 6 heteroatoms. The molecule has 6 nitrogen and oxygen atoms in total. The summed E-state index contributed by atoms with van der Waals surface area (Å²) >= 11 is 0. The maximum absolute atomic E-state index is 12.6. The van der Waals surface area contributed by atoms with Crippen molar-refractivity contribution >= 4 is 11.9 Å². The standard InChI is InChI=1S/C15H25N3O3/c1-11(2)18-13(19)15(16-14(18)20)5-6-17(10-15)9-12-3-7-21-8-4-12/h11-12H,3-10H2,1-2H3,(H,16,20)/t15-/m0/s1. The minimum atomic E-state index is -0.674. The minimum Gasteiger partial charge on any atom is -0.381 e. The molecule has 1 atom stereocenters. The van der Waals surface area contributed by atoms with Crippen LogP contribution in [0.2, 0.25) is 0 Å². The van der Waals surface area contributed by atoms with Gasteiger partial charge >= 0.3 is 6.03 Å². The lowest BCUT2D eigenvalue weighted by atomic mass is 9.98. The van der Waals surface area contributed by atoms with E-state index in [2.05, 4.69) is 10.2 Å². The second-order valence-corrected chi connectivity index (χ2v) is 6.82. The molecule has 0 radical (unpaired) electrons. The van der Waals surface area contributed by atoms with Gasteiger partial charge in [0.15, 0.2) is 0 Å². The Balaban J connectivity index is 1.63. The van der Waals surface area contributed by atoms with Gasteiger partial charge in [0, 0.05) is 38.9 Å². The quantitative estimate of drug-likeness (QED) is 0.783. The first kappa shape index (κ1) is 14.8. The van der Waals surface area contributed by atoms with Gasteiger partial charge < -0.3 is 15.0 Å². The molecule has 3 fully saturated rings. The molecule has 0 aliphatic carbocycles. The Labute approximate surface area is 125 Å². The molecule has 0 aromatic rings. The lowest BCUT2D eigenvalue weighted by molar-refractivity contribution is -0.132. The first-order valence-corrected chi connectivity index (χ1v) is 7.98. The third kappa shape index (κ3) is 2.66. The van der Waals surface area contributed by atoms with Crippen LogP contribution < -0.4 is 5.32 Å². The lowest BCUT2D eigenvalue weighted by Gasteiger charge is -2.28. The summed E-state index contributed by atoms with van der Waals surface area (Å²) in [5, 5.41) is 2.95. The summed E-state index contributed by atoms with van der Waals surface area (Å²) in [5.74, 6) is 0.610. The van der Waals surface area contributed by atoms with Crippen molar-refractivity contribution in [2.45, 2.75) is 44.7 Å². The maximum atomic E-state index is 12.6. The molecule has 0 aromatic heterocycles. The summed E-state index contributed by atoms with van der Waals surface area (Å²) in [7, 11) is 0. The zero-order valence-electron chi connectivity index (χ0n) is 12.9. The van der Waals surface area contributed by atoms with Crippen molar-refractivity contribution in [3.8, 4) is 0 Å². The molecule has 3 amide bonds. The van der Waals surface area contributed by atoms with Crippen molar-refractivity contribution in [2.75, 3.05) is 32.8 Å². The van der Waals surface area contributed by atoms with Gasteiger partial charge in [-0.25, -0.2) is 4.79 Å². The molecular formula is C15H25N3O3. The van der Waals surface area contributed by atoms with Crippen LogP contribution in [0.5, 0.6) is 0 Å². The van der Waals surface area contributed by atoms with Crippen molar-refractivity contribution in [3.63, 3.8) is 0 Å². The van der Waals surface area contributed by atoms with Gasteiger partial charge in [0.2, 0.25) is 0 Å². The third-order valence-corrected chi connectivity index (χ3v) is 4.92. The summed E-state index contributed by atoms with van der Waals surface area (Å²) in [5.41, 5.74) is -0.674. The lowest BCUT2D eigenvalue weighted by Crippen LogP contribution is -2.50. The highest BCUT2D eigenvalue weighted by Crippen LogP contribution is 2.31. The number of imide groups is 1. The van der Waals surface area contributed by atoms with E-state index in [1.165, 1.54) is 4.90 Å². The Hall–Kier alpha value is -1.14. The third-order valence-electron chi connectivity index (χ3n) is 4.92. The van der Waals surface area contributed by atoms with E-state index in [1.54, 1.807) is 0 Å². The highest BCUT2D eigenvalue weighted by molar-refractivity contribution is 6.07. The second-order valence-electron chi connectivity index (χ2n) is 6.82. The molecule has 0 unspecified atom stereocenters. The van der Waals surface area contributed by atoms with E-state index in [4.69, 9.17) is 4.74 Å². The Kier molecular flexibility index (Phi) is 3.92. The van der Waals surface area contributed by atoms with Crippen molar-refractivity contribution in [3.05, 3.63) is 0 Å². The van der Waals surface area contributed by atoms with Gasteiger partial charge in [-0.2, -0.15) is 0 Å². The van der Waals surface area contributed by atoms with E-state index in [-0.39, 0.29) is 18.0 Å². The maximum Gasteiger partial charge on any atom is 0.325 e. The monoisotopic (exact) mass is 295 g/mol. The Bertz CT molecular complexity index is 434. The average molecular weight is 295 g/mol. The number of carbonyl (C=O) groups excluding carboxylic acids is 2. The Morgan fingerprint density at radius 3 is 2.67 bits per heavy atom. The molecular weight excluding hydrogens is 270 g/mol. The number of likely N-dealkylation sites (tertiary alicyclic amines) is 1. The minimum absolute atomic E-state index is 0.0445. The molecule has 3 rings (SSSR count). The van der Waals surface area contributed by atoms with E-state index >= 15 is 0 Å². The highest BCUT2D eigenvalue weighted by Gasteiger charge is 2.55. The van der Waals surface area contributed by atoms with Gasteiger partial charge in [0.25, 0.3) is 5.91 Å². The van der Waals surface area contributed by atoms with Gasteiger partial charge in [-0.15, -0.1) is 0 Å². The van der Waals surface area contributed by atoms with Gasteiger partial charge in [-0.1, -0.05) is 0 Å².